The van der Waals surface area contributed by atoms with Crippen LogP contribution in [0.15, 0.2) is 0 Å². The lowest BCUT2D eigenvalue weighted by Crippen LogP contribution is -1.95. The van der Waals surface area contributed by atoms with Gasteiger partial charge in [0, 0.05) is 13.0 Å². The Labute approximate surface area is 76.7 Å². The third-order valence-electron chi connectivity index (χ3n) is 0.781. The molecule has 0 fully saturated rings. The number of hydrogen-bond donors (Lipinski definition) is 0. The van der Waals surface area contributed by atoms with E-state index in [9.17, 15) is 0 Å². The van der Waals surface area contributed by atoms with Crippen LogP contribution in [0.5, 0.6) is 0 Å². The molecular weight excluding hydrogens is 189 g/mol. The standard InChI is InChI=1S/C5H11NOSi.2ClH/c1-2-7-8-5-3-4-6;;/h2-3,5,8H2,1H3;2*1H. The molecule has 0 saturated carbocycles. The zero-order valence-electron chi connectivity index (χ0n) is 6.00. The lowest BCUT2D eigenvalue weighted by Gasteiger charge is -1.93. The molecule has 0 spiro atoms. The van der Waals surface area contributed by atoms with Crippen molar-refractivity contribution < 1.29 is 4.43 Å². The van der Waals surface area contributed by atoms with Crippen molar-refractivity contribution in [1.29, 1.82) is 5.26 Å². The average Bonchev–Trinajstić information content (AvgIpc) is 1.81. The Hall–Kier alpha value is 0.247. The molecule has 0 bridgehead atoms. The van der Waals surface area contributed by atoms with E-state index in [1.165, 1.54) is 0 Å². The van der Waals surface area contributed by atoms with Crippen molar-refractivity contribution in [3.05, 3.63) is 0 Å². The molecule has 0 aromatic carbocycles. The van der Waals surface area contributed by atoms with Crippen LogP contribution in [0.25, 0.3) is 0 Å². The number of halogens is 2. The highest BCUT2D eigenvalue weighted by Gasteiger charge is 1.84. The van der Waals surface area contributed by atoms with Crippen molar-refractivity contribution in [2.75, 3.05) is 6.61 Å². The second-order valence-corrected chi connectivity index (χ2v) is 2.98. The summed E-state index contributed by atoms with van der Waals surface area (Å²) in [6.07, 6.45) is 0.673. The van der Waals surface area contributed by atoms with Gasteiger partial charge in [-0.25, -0.2) is 0 Å². The van der Waals surface area contributed by atoms with E-state index in [4.69, 9.17) is 9.69 Å². The number of rotatable bonds is 4. The largest absolute Gasteiger partial charge is 0.424 e. The van der Waals surface area contributed by atoms with Crippen molar-refractivity contribution in [1.82, 2.24) is 0 Å². The second-order valence-electron chi connectivity index (χ2n) is 1.46. The van der Waals surface area contributed by atoms with E-state index >= 15 is 0 Å². The summed E-state index contributed by atoms with van der Waals surface area (Å²) < 4.78 is 5.12. The van der Waals surface area contributed by atoms with Crippen molar-refractivity contribution in [2.24, 2.45) is 0 Å². The smallest absolute Gasteiger partial charge is 0.162 e. The first-order valence-electron chi connectivity index (χ1n) is 2.86. The Bertz CT molecular complexity index is 86.2. The van der Waals surface area contributed by atoms with Gasteiger partial charge in [-0.3, -0.25) is 0 Å². The Kier molecular flexibility index (Phi) is 26.9. The van der Waals surface area contributed by atoms with Crippen molar-refractivity contribution >= 4 is 34.6 Å². The molecule has 0 aliphatic heterocycles. The van der Waals surface area contributed by atoms with Gasteiger partial charge in [0.2, 0.25) is 0 Å². The molecule has 0 aromatic heterocycles. The summed E-state index contributed by atoms with van der Waals surface area (Å²) in [4.78, 5) is 0. The molecule has 0 atom stereocenters. The molecule has 0 aliphatic carbocycles. The molecule has 0 rings (SSSR count). The van der Waals surface area contributed by atoms with E-state index in [0.717, 1.165) is 12.7 Å². The molecular formula is C5H13Cl2NOSi. The highest BCUT2D eigenvalue weighted by Crippen LogP contribution is 1.84. The molecule has 0 unspecified atom stereocenters. The second kappa shape index (κ2) is 16.1. The summed E-state index contributed by atoms with van der Waals surface area (Å²) in [7, 11) is -0.322. The van der Waals surface area contributed by atoms with Crippen LogP contribution >= 0.6 is 24.8 Å². The van der Waals surface area contributed by atoms with Crippen molar-refractivity contribution in [2.45, 2.75) is 19.4 Å². The van der Waals surface area contributed by atoms with Gasteiger partial charge in [-0.2, -0.15) is 5.26 Å². The molecule has 0 N–H and O–H groups in total. The van der Waals surface area contributed by atoms with E-state index in [2.05, 4.69) is 6.07 Å². The van der Waals surface area contributed by atoms with Crippen LogP contribution in [0.4, 0.5) is 0 Å². The fourth-order valence-corrected chi connectivity index (χ4v) is 1.19. The number of nitriles is 1. The predicted octanol–water partition coefficient (Wildman–Crippen LogP) is 1.28. The van der Waals surface area contributed by atoms with Crippen LogP contribution in [-0.4, -0.2) is 16.4 Å². The molecule has 0 aromatic rings. The maximum Gasteiger partial charge on any atom is 0.162 e. The minimum absolute atomic E-state index is 0. The third kappa shape index (κ3) is 15.7. The average molecular weight is 202 g/mol. The van der Waals surface area contributed by atoms with Gasteiger partial charge >= 0.3 is 0 Å². The first kappa shape index (κ1) is 16.7. The van der Waals surface area contributed by atoms with Gasteiger partial charge in [0.15, 0.2) is 9.76 Å². The molecule has 10 heavy (non-hydrogen) atoms. The van der Waals surface area contributed by atoms with Gasteiger partial charge in [0.05, 0.1) is 6.07 Å². The topological polar surface area (TPSA) is 33.0 Å². The van der Waals surface area contributed by atoms with E-state index in [1.807, 2.05) is 6.92 Å². The highest BCUT2D eigenvalue weighted by atomic mass is 35.5. The summed E-state index contributed by atoms with van der Waals surface area (Å²) >= 11 is 0. The van der Waals surface area contributed by atoms with Crippen LogP contribution in [0.2, 0.25) is 6.04 Å². The maximum atomic E-state index is 8.08. The summed E-state index contributed by atoms with van der Waals surface area (Å²) in [5.74, 6) is 0. The van der Waals surface area contributed by atoms with Crippen LogP contribution < -0.4 is 0 Å². The fourth-order valence-electron chi connectivity index (χ4n) is 0.398. The van der Waals surface area contributed by atoms with E-state index in [1.54, 1.807) is 0 Å². The molecule has 0 amide bonds. The summed E-state index contributed by atoms with van der Waals surface area (Å²) in [6.45, 7) is 2.80. The Morgan fingerprint density at radius 1 is 1.50 bits per heavy atom. The number of hydrogen-bond acceptors (Lipinski definition) is 2. The molecule has 2 nitrogen and oxygen atoms in total. The van der Waals surface area contributed by atoms with Gasteiger partial charge in [-0.05, 0) is 13.0 Å². The van der Waals surface area contributed by atoms with E-state index < -0.39 is 0 Å². The van der Waals surface area contributed by atoms with Crippen molar-refractivity contribution in [3.8, 4) is 6.07 Å². The number of nitrogens with zero attached hydrogens (tertiary/aromatic N) is 1. The van der Waals surface area contributed by atoms with Gasteiger partial charge < -0.3 is 4.43 Å². The molecule has 62 valence electrons. The molecule has 0 radical (unpaired) electrons. The minimum atomic E-state index is -0.322. The van der Waals surface area contributed by atoms with Gasteiger partial charge in [0.25, 0.3) is 0 Å². The quantitative estimate of drug-likeness (QED) is 0.508. The van der Waals surface area contributed by atoms with Crippen molar-refractivity contribution in [3.63, 3.8) is 0 Å². The SMILES string of the molecule is CCO[SiH2]CCC#N.Cl.Cl. The van der Waals surface area contributed by atoms with Gasteiger partial charge in [-0.1, -0.05) is 0 Å². The Balaban J connectivity index is -0.000000245. The summed E-state index contributed by atoms with van der Waals surface area (Å²) in [6, 6.07) is 3.09. The predicted molar refractivity (Wildman–Crippen MR) is 49.7 cm³/mol. The minimum Gasteiger partial charge on any atom is -0.424 e. The van der Waals surface area contributed by atoms with Crippen LogP contribution in [0.1, 0.15) is 13.3 Å². The lowest BCUT2D eigenvalue weighted by atomic mass is 10.6. The Morgan fingerprint density at radius 2 is 2.10 bits per heavy atom. The van der Waals surface area contributed by atoms with Crippen LogP contribution in [0.3, 0.4) is 0 Å². The zero-order chi connectivity index (χ0) is 6.24. The van der Waals surface area contributed by atoms with Gasteiger partial charge in [0.1, 0.15) is 0 Å². The van der Waals surface area contributed by atoms with Crippen LogP contribution in [-0.2, 0) is 4.43 Å². The fraction of sp³-hybridized carbons (Fsp3) is 0.800. The van der Waals surface area contributed by atoms with E-state index in [-0.39, 0.29) is 34.6 Å². The summed E-state index contributed by atoms with van der Waals surface area (Å²) in [5.41, 5.74) is 0. The maximum absolute atomic E-state index is 8.08. The van der Waals surface area contributed by atoms with Crippen LogP contribution in [0, 0.1) is 11.3 Å². The van der Waals surface area contributed by atoms with Gasteiger partial charge in [-0.15, -0.1) is 24.8 Å². The third-order valence-corrected chi connectivity index (χ3v) is 2.12. The molecule has 0 saturated heterocycles. The first-order chi connectivity index (χ1) is 3.91. The van der Waals surface area contributed by atoms with E-state index in [0.29, 0.717) is 6.42 Å². The zero-order valence-corrected chi connectivity index (χ0v) is 9.05. The monoisotopic (exact) mass is 201 g/mol. The Morgan fingerprint density at radius 3 is 2.50 bits per heavy atom. The highest BCUT2D eigenvalue weighted by molar-refractivity contribution is 6.27. The molecule has 0 aliphatic rings. The molecule has 0 heterocycles. The molecule has 5 heteroatoms. The normalized spacial score (nSPS) is 8.00. The first-order valence-corrected chi connectivity index (χ1v) is 4.44. The summed E-state index contributed by atoms with van der Waals surface area (Å²) in [5, 5.41) is 8.08. The lowest BCUT2D eigenvalue weighted by molar-refractivity contribution is 0.360.